The third-order valence-corrected chi connectivity index (χ3v) is 5.26. The highest BCUT2D eigenvalue weighted by atomic mass is 79.9. The van der Waals surface area contributed by atoms with Crippen molar-refractivity contribution >= 4 is 27.3 Å². The minimum absolute atomic E-state index is 0.441. The fraction of sp³-hybridized carbons (Fsp3) is 0.692. The van der Waals surface area contributed by atoms with E-state index in [1.165, 1.54) is 24.1 Å². The Balaban J connectivity index is 2.01. The first-order valence-corrected chi connectivity index (χ1v) is 7.69. The van der Waals surface area contributed by atoms with Crippen LogP contribution in [0.3, 0.4) is 0 Å². The van der Waals surface area contributed by atoms with E-state index >= 15 is 0 Å². The van der Waals surface area contributed by atoms with Crippen molar-refractivity contribution in [1.82, 2.24) is 0 Å². The van der Waals surface area contributed by atoms with E-state index in [9.17, 15) is 5.11 Å². The maximum atomic E-state index is 10.6. The monoisotopic (exact) mass is 302 g/mol. The SMILES string of the molecule is CCC1CCCC(O)(Cc2ccc(Br)s2)C1. The van der Waals surface area contributed by atoms with Gasteiger partial charge in [0.2, 0.25) is 0 Å². The minimum atomic E-state index is -0.441. The molecule has 1 fully saturated rings. The summed E-state index contributed by atoms with van der Waals surface area (Å²) < 4.78 is 1.16. The van der Waals surface area contributed by atoms with Gasteiger partial charge in [0.05, 0.1) is 9.39 Å². The predicted molar refractivity (Wildman–Crippen MR) is 72.9 cm³/mol. The van der Waals surface area contributed by atoms with E-state index in [1.54, 1.807) is 11.3 Å². The molecule has 1 aromatic heterocycles. The number of aliphatic hydroxyl groups is 1. The van der Waals surface area contributed by atoms with Gasteiger partial charge in [-0.05, 0) is 46.8 Å². The third-order valence-electron chi connectivity index (χ3n) is 3.63. The van der Waals surface area contributed by atoms with Crippen LogP contribution in [-0.2, 0) is 6.42 Å². The molecule has 1 aromatic rings. The zero-order valence-corrected chi connectivity index (χ0v) is 12.1. The molecule has 0 radical (unpaired) electrons. The molecular weight excluding hydrogens is 284 g/mol. The lowest BCUT2D eigenvalue weighted by Crippen LogP contribution is -2.37. The van der Waals surface area contributed by atoms with Crippen LogP contribution in [0.15, 0.2) is 15.9 Å². The molecule has 2 unspecified atom stereocenters. The van der Waals surface area contributed by atoms with Crippen LogP contribution in [0.1, 0.15) is 43.9 Å². The predicted octanol–water partition coefficient (Wildman–Crippen LogP) is 4.38. The van der Waals surface area contributed by atoms with Gasteiger partial charge in [0.1, 0.15) is 0 Å². The van der Waals surface area contributed by atoms with Crippen molar-refractivity contribution in [3.63, 3.8) is 0 Å². The summed E-state index contributed by atoms with van der Waals surface area (Å²) in [5.74, 6) is 0.724. The van der Waals surface area contributed by atoms with E-state index in [0.29, 0.717) is 0 Å². The van der Waals surface area contributed by atoms with Crippen molar-refractivity contribution in [1.29, 1.82) is 0 Å². The molecule has 0 aliphatic heterocycles. The summed E-state index contributed by atoms with van der Waals surface area (Å²) >= 11 is 5.22. The first-order valence-electron chi connectivity index (χ1n) is 6.08. The molecule has 2 atom stereocenters. The summed E-state index contributed by atoms with van der Waals surface area (Å²) in [4.78, 5) is 1.30. The lowest BCUT2D eigenvalue weighted by molar-refractivity contribution is -0.0155. The molecule has 0 bridgehead atoms. The van der Waals surface area contributed by atoms with Gasteiger partial charge in [-0.1, -0.05) is 26.2 Å². The highest BCUT2D eigenvalue weighted by Crippen LogP contribution is 2.37. The van der Waals surface area contributed by atoms with Gasteiger partial charge < -0.3 is 5.11 Å². The maximum Gasteiger partial charge on any atom is 0.0701 e. The van der Waals surface area contributed by atoms with Gasteiger partial charge in [0.25, 0.3) is 0 Å². The Morgan fingerprint density at radius 2 is 2.38 bits per heavy atom. The molecule has 16 heavy (non-hydrogen) atoms. The highest BCUT2D eigenvalue weighted by molar-refractivity contribution is 9.11. The van der Waals surface area contributed by atoms with Crippen LogP contribution in [0.4, 0.5) is 0 Å². The zero-order chi connectivity index (χ0) is 11.6. The van der Waals surface area contributed by atoms with Gasteiger partial charge in [-0.2, -0.15) is 0 Å². The van der Waals surface area contributed by atoms with Crippen LogP contribution < -0.4 is 0 Å². The molecule has 1 saturated carbocycles. The van der Waals surface area contributed by atoms with Crippen molar-refractivity contribution in [3.8, 4) is 0 Å². The summed E-state index contributed by atoms with van der Waals surface area (Å²) in [5.41, 5.74) is -0.441. The van der Waals surface area contributed by atoms with Gasteiger partial charge in [-0.3, -0.25) is 0 Å². The first-order chi connectivity index (χ1) is 7.61. The van der Waals surface area contributed by atoms with Crippen molar-refractivity contribution in [3.05, 3.63) is 20.8 Å². The van der Waals surface area contributed by atoms with Gasteiger partial charge in [0, 0.05) is 11.3 Å². The van der Waals surface area contributed by atoms with E-state index in [0.717, 1.165) is 29.0 Å². The fourth-order valence-electron chi connectivity index (χ4n) is 2.74. The molecule has 2 rings (SSSR count). The van der Waals surface area contributed by atoms with Crippen LogP contribution in [0.5, 0.6) is 0 Å². The molecule has 90 valence electrons. The van der Waals surface area contributed by atoms with Gasteiger partial charge in [-0.25, -0.2) is 0 Å². The fourth-order valence-corrected chi connectivity index (χ4v) is 4.36. The van der Waals surface area contributed by atoms with E-state index in [1.807, 2.05) is 0 Å². The minimum Gasteiger partial charge on any atom is -0.390 e. The van der Waals surface area contributed by atoms with E-state index in [4.69, 9.17) is 0 Å². The average Bonchev–Trinajstić information content (AvgIpc) is 2.63. The van der Waals surface area contributed by atoms with Crippen molar-refractivity contribution in [2.45, 2.75) is 51.0 Å². The molecule has 0 aromatic carbocycles. The quantitative estimate of drug-likeness (QED) is 0.878. The second-order valence-corrected chi connectivity index (χ2v) is 7.53. The van der Waals surface area contributed by atoms with Gasteiger partial charge in [0.15, 0.2) is 0 Å². The summed E-state index contributed by atoms with van der Waals surface area (Å²) in [6, 6.07) is 4.20. The Labute approximate surface area is 110 Å². The largest absolute Gasteiger partial charge is 0.390 e. The number of rotatable bonds is 3. The number of hydrogen-bond acceptors (Lipinski definition) is 2. The summed E-state index contributed by atoms with van der Waals surface area (Å²) in [6.45, 7) is 2.23. The molecular formula is C13H19BrOS. The number of hydrogen-bond donors (Lipinski definition) is 1. The Morgan fingerprint density at radius 1 is 1.56 bits per heavy atom. The second kappa shape index (κ2) is 5.19. The summed E-state index contributed by atoms with van der Waals surface area (Å²) in [5, 5.41) is 10.6. The number of halogens is 1. The standard InChI is InChI=1S/C13H19BrOS/c1-2-10-4-3-7-13(15,8-10)9-11-5-6-12(14)16-11/h5-6,10,15H,2-4,7-9H2,1H3. The average molecular weight is 303 g/mol. The smallest absolute Gasteiger partial charge is 0.0701 e. The Kier molecular flexibility index (Phi) is 4.09. The Morgan fingerprint density at radius 3 is 3.00 bits per heavy atom. The van der Waals surface area contributed by atoms with Crippen LogP contribution >= 0.6 is 27.3 Å². The van der Waals surface area contributed by atoms with E-state index < -0.39 is 5.60 Å². The van der Waals surface area contributed by atoms with Crippen LogP contribution in [-0.4, -0.2) is 10.7 Å². The topological polar surface area (TPSA) is 20.2 Å². The Bertz CT molecular complexity index is 349. The van der Waals surface area contributed by atoms with Crippen molar-refractivity contribution in [2.75, 3.05) is 0 Å². The van der Waals surface area contributed by atoms with E-state index in [2.05, 4.69) is 35.0 Å². The first kappa shape index (κ1) is 12.6. The summed E-state index contributed by atoms with van der Waals surface area (Å²) in [6.07, 6.45) is 6.47. The molecule has 1 nitrogen and oxygen atoms in total. The maximum absolute atomic E-state index is 10.6. The highest BCUT2D eigenvalue weighted by Gasteiger charge is 2.33. The van der Waals surface area contributed by atoms with Gasteiger partial charge >= 0.3 is 0 Å². The molecule has 3 heteroatoms. The van der Waals surface area contributed by atoms with Crippen molar-refractivity contribution in [2.24, 2.45) is 5.92 Å². The summed E-state index contributed by atoms with van der Waals surface area (Å²) in [7, 11) is 0. The number of thiophene rings is 1. The van der Waals surface area contributed by atoms with Gasteiger partial charge in [-0.15, -0.1) is 11.3 Å². The van der Waals surface area contributed by atoms with E-state index in [-0.39, 0.29) is 0 Å². The third kappa shape index (κ3) is 3.08. The Hall–Kier alpha value is 0.140. The molecule has 0 amide bonds. The van der Waals surface area contributed by atoms with Crippen molar-refractivity contribution < 1.29 is 5.11 Å². The molecule has 0 spiro atoms. The zero-order valence-electron chi connectivity index (χ0n) is 9.71. The van der Waals surface area contributed by atoms with Crippen LogP contribution in [0, 0.1) is 5.92 Å². The molecule has 1 aliphatic rings. The van der Waals surface area contributed by atoms with Crippen LogP contribution in [0.2, 0.25) is 0 Å². The second-order valence-electron chi connectivity index (χ2n) is 4.98. The molecule has 1 N–H and O–H groups in total. The lowest BCUT2D eigenvalue weighted by Gasteiger charge is -2.36. The molecule has 0 saturated heterocycles. The van der Waals surface area contributed by atoms with Crippen LogP contribution in [0.25, 0.3) is 0 Å². The molecule has 1 aliphatic carbocycles. The normalized spacial score (nSPS) is 30.6. The molecule has 1 heterocycles. The lowest BCUT2D eigenvalue weighted by atomic mass is 9.75.